The number of hydrogen-bond acceptors (Lipinski definition) is 5. The molecule has 120 valence electrons. The Hall–Kier alpha value is -1.80. The maximum absolute atomic E-state index is 12.3. The van der Waals surface area contributed by atoms with Crippen molar-refractivity contribution in [2.75, 3.05) is 5.32 Å². The highest BCUT2D eigenvalue weighted by atomic mass is 79.9. The molecule has 3 rings (SSSR count). The number of benzene rings is 1. The molecule has 1 aliphatic carbocycles. The third-order valence-electron chi connectivity index (χ3n) is 3.72. The van der Waals surface area contributed by atoms with Crippen LogP contribution in [-0.4, -0.2) is 15.8 Å². The van der Waals surface area contributed by atoms with Crippen LogP contribution in [0, 0.1) is 10.1 Å². The molecule has 0 aliphatic heterocycles. The van der Waals surface area contributed by atoms with E-state index in [1.54, 1.807) is 6.07 Å². The van der Waals surface area contributed by atoms with E-state index in [0.29, 0.717) is 9.60 Å². The molecule has 0 radical (unpaired) electrons. The number of nitro benzene ring substituents is 1. The minimum absolute atomic E-state index is 0.132. The van der Waals surface area contributed by atoms with Gasteiger partial charge in [-0.15, -0.1) is 11.3 Å². The van der Waals surface area contributed by atoms with E-state index >= 15 is 0 Å². The van der Waals surface area contributed by atoms with Gasteiger partial charge in [0.05, 0.1) is 15.1 Å². The number of thiazole rings is 1. The van der Waals surface area contributed by atoms with Gasteiger partial charge in [-0.1, -0.05) is 6.42 Å². The zero-order chi connectivity index (χ0) is 16.4. The number of halogens is 1. The summed E-state index contributed by atoms with van der Waals surface area (Å²) in [5, 5.41) is 14.3. The monoisotopic (exact) mass is 395 g/mol. The van der Waals surface area contributed by atoms with Crippen LogP contribution in [0.25, 0.3) is 0 Å². The highest BCUT2D eigenvalue weighted by Crippen LogP contribution is 2.30. The van der Waals surface area contributed by atoms with E-state index < -0.39 is 4.92 Å². The summed E-state index contributed by atoms with van der Waals surface area (Å²) < 4.78 is 0.347. The third-order valence-corrected chi connectivity index (χ3v) is 5.46. The van der Waals surface area contributed by atoms with Gasteiger partial charge in [0, 0.05) is 16.5 Å². The van der Waals surface area contributed by atoms with Crippen LogP contribution in [0.5, 0.6) is 0 Å². The van der Waals surface area contributed by atoms with E-state index in [-0.39, 0.29) is 17.2 Å². The molecule has 0 saturated heterocycles. The summed E-state index contributed by atoms with van der Waals surface area (Å²) in [4.78, 5) is 28.5. The van der Waals surface area contributed by atoms with Crippen molar-refractivity contribution in [3.8, 4) is 0 Å². The normalized spacial score (nSPS) is 14.0. The zero-order valence-electron chi connectivity index (χ0n) is 12.2. The van der Waals surface area contributed by atoms with Crippen LogP contribution >= 0.6 is 27.3 Å². The number of amides is 1. The zero-order valence-corrected chi connectivity index (χ0v) is 14.6. The van der Waals surface area contributed by atoms with Gasteiger partial charge in [-0.3, -0.25) is 20.2 Å². The fraction of sp³-hybridized carbons (Fsp3) is 0.333. The van der Waals surface area contributed by atoms with Crippen LogP contribution in [0.15, 0.2) is 22.7 Å². The third kappa shape index (κ3) is 3.59. The number of aryl methyl sites for hydroxylation is 2. The molecule has 1 aromatic carbocycles. The standard InChI is InChI=1S/C15H14BrN3O3S/c16-10-7-6-9(8-12(10)19(21)22)14(20)18-15-17-11-4-2-1-3-5-13(11)23-15/h6-8H,1-5H2,(H,17,18,20). The lowest BCUT2D eigenvalue weighted by Crippen LogP contribution is -2.12. The van der Waals surface area contributed by atoms with Crippen molar-refractivity contribution in [3.63, 3.8) is 0 Å². The smallest absolute Gasteiger partial charge is 0.284 e. The lowest BCUT2D eigenvalue weighted by molar-refractivity contribution is -0.385. The fourth-order valence-corrected chi connectivity index (χ4v) is 3.98. The number of nitrogens with one attached hydrogen (secondary N) is 1. The highest BCUT2D eigenvalue weighted by molar-refractivity contribution is 9.10. The van der Waals surface area contributed by atoms with Gasteiger partial charge in [-0.25, -0.2) is 4.98 Å². The Morgan fingerprint density at radius 1 is 1.30 bits per heavy atom. The Balaban J connectivity index is 1.79. The Kier molecular flexibility index (Phi) is 4.72. The minimum Gasteiger partial charge on any atom is -0.298 e. The van der Waals surface area contributed by atoms with Gasteiger partial charge in [0.25, 0.3) is 11.6 Å². The lowest BCUT2D eigenvalue weighted by atomic mass is 10.2. The number of hydrogen-bond donors (Lipinski definition) is 1. The number of fused-ring (bicyclic) bond motifs is 1. The number of carbonyl (C=O) groups is 1. The topological polar surface area (TPSA) is 85.1 Å². The number of nitrogens with zero attached hydrogens (tertiary/aromatic N) is 2. The van der Waals surface area contributed by atoms with E-state index in [9.17, 15) is 14.9 Å². The van der Waals surface area contributed by atoms with Gasteiger partial charge in [-0.05, 0) is 53.7 Å². The molecule has 0 atom stereocenters. The first-order chi connectivity index (χ1) is 11.0. The van der Waals surface area contributed by atoms with Crippen molar-refractivity contribution in [2.45, 2.75) is 32.1 Å². The number of rotatable bonds is 3. The van der Waals surface area contributed by atoms with Crippen molar-refractivity contribution in [2.24, 2.45) is 0 Å². The largest absolute Gasteiger partial charge is 0.298 e. The van der Waals surface area contributed by atoms with Crippen LogP contribution in [-0.2, 0) is 12.8 Å². The summed E-state index contributed by atoms with van der Waals surface area (Å²) in [5.41, 5.74) is 1.18. The first-order valence-electron chi connectivity index (χ1n) is 7.28. The molecule has 23 heavy (non-hydrogen) atoms. The van der Waals surface area contributed by atoms with Gasteiger partial charge in [0.2, 0.25) is 0 Å². The van der Waals surface area contributed by atoms with Gasteiger partial charge in [0.15, 0.2) is 5.13 Å². The van der Waals surface area contributed by atoms with Crippen molar-refractivity contribution < 1.29 is 9.72 Å². The van der Waals surface area contributed by atoms with Crippen LogP contribution in [0.1, 0.15) is 40.2 Å². The second-order valence-electron chi connectivity index (χ2n) is 5.33. The molecule has 6 nitrogen and oxygen atoms in total. The number of carbonyl (C=O) groups excluding carboxylic acids is 1. The quantitative estimate of drug-likeness (QED) is 0.475. The van der Waals surface area contributed by atoms with Crippen LogP contribution in [0.3, 0.4) is 0 Å². The summed E-state index contributed by atoms with van der Waals surface area (Å²) in [5.74, 6) is -0.385. The second-order valence-corrected chi connectivity index (χ2v) is 7.26. The maximum Gasteiger partial charge on any atom is 0.284 e. The highest BCUT2D eigenvalue weighted by Gasteiger charge is 2.19. The van der Waals surface area contributed by atoms with Crippen LogP contribution in [0.4, 0.5) is 10.8 Å². The van der Waals surface area contributed by atoms with E-state index in [2.05, 4.69) is 26.2 Å². The fourth-order valence-electron chi connectivity index (χ4n) is 2.55. The molecule has 8 heteroatoms. The molecule has 1 heterocycles. The summed E-state index contributed by atoms with van der Waals surface area (Å²) in [7, 11) is 0. The maximum atomic E-state index is 12.3. The summed E-state index contributed by atoms with van der Waals surface area (Å²) >= 11 is 4.61. The molecule has 2 aromatic rings. The van der Waals surface area contributed by atoms with Crippen LogP contribution < -0.4 is 5.32 Å². The van der Waals surface area contributed by atoms with Gasteiger partial charge in [0.1, 0.15) is 0 Å². The van der Waals surface area contributed by atoms with Crippen LogP contribution in [0.2, 0.25) is 0 Å². The molecule has 1 aliphatic rings. The van der Waals surface area contributed by atoms with Gasteiger partial charge < -0.3 is 0 Å². The first kappa shape index (κ1) is 16.1. The van der Waals surface area contributed by atoms with Crippen molar-refractivity contribution in [3.05, 3.63) is 48.9 Å². The van der Waals surface area contributed by atoms with E-state index in [0.717, 1.165) is 31.4 Å². The Labute approximate surface area is 145 Å². The van der Waals surface area contributed by atoms with Crippen molar-refractivity contribution in [1.82, 2.24) is 4.98 Å². The predicted molar refractivity (Wildman–Crippen MR) is 92.1 cm³/mol. The molecule has 1 N–H and O–H groups in total. The molecular formula is C15H14BrN3O3S. The summed E-state index contributed by atoms with van der Waals surface area (Å²) in [6.07, 6.45) is 5.45. The summed E-state index contributed by atoms with van der Waals surface area (Å²) in [6, 6.07) is 4.31. The minimum atomic E-state index is -0.521. The number of nitro groups is 1. The number of aromatic nitrogens is 1. The van der Waals surface area contributed by atoms with Crippen molar-refractivity contribution in [1.29, 1.82) is 0 Å². The van der Waals surface area contributed by atoms with E-state index in [4.69, 9.17) is 0 Å². The Morgan fingerprint density at radius 2 is 2.09 bits per heavy atom. The molecule has 1 aromatic heterocycles. The molecule has 0 spiro atoms. The molecule has 0 bridgehead atoms. The average Bonchev–Trinajstić information content (AvgIpc) is 2.76. The Bertz CT molecular complexity index is 752. The lowest BCUT2D eigenvalue weighted by Gasteiger charge is -2.03. The second kappa shape index (κ2) is 6.76. The molecular weight excluding hydrogens is 382 g/mol. The molecule has 0 fully saturated rings. The molecule has 0 unspecified atom stereocenters. The SMILES string of the molecule is O=C(Nc1nc2c(s1)CCCCC2)c1ccc(Br)c([N+](=O)[O-])c1. The molecule has 1 amide bonds. The van der Waals surface area contributed by atoms with E-state index in [1.165, 1.54) is 34.8 Å². The number of anilines is 1. The molecule has 0 saturated carbocycles. The van der Waals surface area contributed by atoms with E-state index in [1.807, 2.05) is 0 Å². The average molecular weight is 396 g/mol. The van der Waals surface area contributed by atoms with Gasteiger partial charge >= 0.3 is 0 Å². The Morgan fingerprint density at radius 3 is 2.87 bits per heavy atom. The van der Waals surface area contributed by atoms with Gasteiger partial charge in [-0.2, -0.15) is 0 Å². The predicted octanol–water partition coefficient (Wildman–Crippen LogP) is 4.34. The first-order valence-corrected chi connectivity index (χ1v) is 8.89. The van der Waals surface area contributed by atoms with Crippen molar-refractivity contribution >= 4 is 44.0 Å². The summed E-state index contributed by atoms with van der Waals surface area (Å²) in [6.45, 7) is 0.